The van der Waals surface area contributed by atoms with Gasteiger partial charge in [-0.1, -0.05) is 0 Å². The number of hydrogen-bond acceptors (Lipinski definition) is 3. The molecule has 1 fully saturated rings. The van der Waals surface area contributed by atoms with Crippen molar-refractivity contribution in [3.8, 4) is 5.75 Å². The Morgan fingerprint density at radius 2 is 2.10 bits per heavy atom. The van der Waals surface area contributed by atoms with Gasteiger partial charge in [0.05, 0.1) is 10.4 Å². The van der Waals surface area contributed by atoms with Gasteiger partial charge >= 0.3 is 12.3 Å². The van der Waals surface area contributed by atoms with Crippen LogP contribution in [0.1, 0.15) is 12.8 Å². The summed E-state index contributed by atoms with van der Waals surface area (Å²) < 4.78 is 40.3. The molecule has 0 amide bonds. The lowest BCUT2D eigenvalue weighted by molar-refractivity contribution is -0.274. The highest BCUT2D eigenvalue weighted by Crippen LogP contribution is 2.35. The number of alkyl halides is 3. The second-order valence-corrected chi connectivity index (χ2v) is 5.32. The van der Waals surface area contributed by atoms with Crippen LogP contribution < -0.4 is 10.1 Å². The number of anilines is 1. The molecule has 0 heterocycles. The lowest BCUT2D eigenvalue weighted by Crippen LogP contribution is -2.42. The number of benzene rings is 1. The van der Waals surface area contributed by atoms with Crippen LogP contribution in [0.2, 0.25) is 0 Å². The number of carboxylic acid groups (broad SMARTS) is 1. The van der Waals surface area contributed by atoms with Crippen molar-refractivity contribution in [3.05, 3.63) is 22.7 Å². The molecule has 0 radical (unpaired) electrons. The Labute approximate surface area is 121 Å². The average Bonchev–Trinajstić information content (AvgIpc) is 2.25. The summed E-state index contributed by atoms with van der Waals surface area (Å²) in [6.45, 7) is 0. The van der Waals surface area contributed by atoms with Crippen molar-refractivity contribution in [2.45, 2.75) is 25.2 Å². The van der Waals surface area contributed by atoms with E-state index >= 15 is 0 Å². The van der Waals surface area contributed by atoms with Gasteiger partial charge in [-0.25, -0.2) is 0 Å². The minimum atomic E-state index is -4.75. The molecular formula is C12H11BrF3NO3. The first-order valence-corrected chi connectivity index (χ1v) is 6.60. The predicted molar refractivity (Wildman–Crippen MR) is 68.6 cm³/mol. The van der Waals surface area contributed by atoms with Gasteiger partial charge in [-0.15, -0.1) is 13.2 Å². The summed E-state index contributed by atoms with van der Waals surface area (Å²) in [4.78, 5) is 10.9. The molecular weight excluding hydrogens is 343 g/mol. The van der Waals surface area contributed by atoms with Gasteiger partial charge in [-0.2, -0.15) is 0 Å². The number of nitrogens with one attached hydrogen (secondary N) is 1. The molecule has 20 heavy (non-hydrogen) atoms. The minimum Gasteiger partial charge on any atom is -0.481 e. The van der Waals surface area contributed by atoms with Crippen LogP contribution >= 0.6 is 15.9 Å². The fourth-order valence-corrected chi connectivity index (χ4v) is 2.44. The number of ether oxygens (including phenoxy) is 1. The molecule has 2 rings (SSSR count). The molecule has 110 valence electrons. The summed E-state index contributed by atoms with van der Waals surface area (Å²) in [7, 11) is 0. The van der Waals surface area contributed by atoms with E-state index < -0.39 is 18.2 Å². The molecule has 0 bridgehead atoms. The first-order chi connectivity index (χ1) is 9.26. The maximum atomic E-state index is 12.1. The number of carboxylic acids is 1. The van der Waals surface area contributed by atoms with Gasteiger partial charge in [0.25, 0.3) is 0 Å². The Kier molecular flexibility index (Phi) is 4.12. The Morgan fingerprint density at radius 1 is 1.40 bits per heavy atom. The van der Waals surface area contributed by atoms with E-state index in [-0.39, 0.29) is 16.3 Å². The Hall–Kier alpha value is -1.44. The van der Waals surface area contributed by atoms with Crippen LogP contribution in [-0.2, 0) is 4.79 Å². The molecule has 1 aromatic carbocycles. The van der Waals surface area contributed by atoms with E-state index in [0.717, 1.165) is 6.42 Å². The van der Waals surface area contributed by atoms with E-state index in [1.165, 1.54) is 18.2 Å². The summed E-state index contributed by atoms with van der Waals surface area (Å²) in [5.74, 6) is -1.67. The molecule has 2 N–H and O–H groups in total. The molecule has 0 spiro atoms. The minimum absolute atomic E-state index is 0.144. The first kappa shape index (κ1) is 15.0. The molecule has 1 aliphatic carbocycles. The zero-order valence-electron chi connectivity index (χ0n) is 10.1. The largest absolute Gasteiger partial charge is 0.573 e. The summed E-state index contributed by atoms with van der Waals surface area (Å²) in [5.41, 5.74) is 0.544. The van der Waals surface area contributed by atoms with Crippen LogP contribution in [0, 0.1) is 5.92 Å². The van der Waals surface area contributed by atoms with E-state index in [4.69, 9.17) is 5.11 Å². The number of carbonyl (C=O) groups is 1. The molecule has 0 aliphatic heterocycles. The van der Waals surface area contributed by atoms with Crippen molar-refractivity contribution in [1.82, 2.24) is 0 Å². The topological polar surface area (TPSA) is 58.6 Å². The van der Waals surface area contributed by atoms with E-state index in [0.29, 0.717) is 12.1 Å². The monoisotopic (exact) mass is 353 g/mol. The summed E-state index contributed by atoms with van der Waals surface area (Å²) in [6, 6.07) is 3.82. The van der Waals surface area contributed by atoms with Crippen LogP contribution in [0.5, 0.6) is 5.75 Å². The van der Waals surface area contributed by atoms with E-state index in [2.05, 4.69) is 26.0 Å². The van der Waals surface area contributed by atoms with Gasteiger partial charge in [0, 0.05) is 11.7 Å². The maximum Gasteiger partial charge on any atom is 0.573 e. The highest BCUT2D eigenvalue weighted by atomic mass is 79.9. The Balaban J connectivity index is 2.04. The van der Waals surface area contributed by atoms with E-state index in [1.54, 1.807) is 0 Å². The van der Waals surface area contributed by atoms with Crippen molar-refractivity contribution in [3.63, 3.8) is 0 Å². The smallest absolute Gasteiger partial charge is 0.481 e. The molecule has 2 unspecified atom stereocenters. The van der Waals surface area contributed by atoms with Crippen LogP contribution in [0.3, 0.4) is 0 Å². The van der Waals surface area contributed by atoms with Gasteiger partial charge in [0.1, 0.15) is 5.75 Å². The quantitative estimate of drug-likeness (QED) is 0.867. The van der Waals surface area contributed by atoms with Crippen molar-refractivity contribution in [2.75, 3.05) is 5.32 Å². The zero-order chi connectivity index (χ0) is 14.9. The normalized spacial score (nSPS) is 22.0. The van der Waals surface area contributed by atoms with Gasteiger partial charge < -0.3 is 15.2 Å². The molecule has 4 nitrogen and oxygen atoms in total. The molecule has 8 heteroatoms. The lowest BCUT2D eigenvalue weighted by Gasteiger charge is -2.34. The lowest BCUT2D eigenvalue weighted by atomic mass is 9.79. The Morgan fingerprint density at radius 3 is 2.55 bits per heavy atom. The van der Waals surface area contributed by atoms with Gasteiger partial charge in [-0.05, 0) is 47.0 Å². The molecule has 1 aliphatic rings. The highest BCUT2D eigenvalue weighted by molar-refractivity contribution is 9.10. The summed E-state index contributed by atoms with van der Waals surface area (Å²) >= 11 is 2.99. The van der Waals surface area contributed by atoms with Crippen molar-refractivity contribution in [2.24, 2.45) is 5.92 Å². The second-order valence-electron chi connectivity index (χ2n) is 4.47. The van der Waals surface area contributed by atoms with Crippen molar-refractivity contribution in [1.29, 1.82) is 0 Å². The third kappa shape index (κ3) is 3.56. The third-order valence-corrected chi connectivity index (χ3v) is 3.72. The van der Waals surface area contributed by atoms with Crippen LogP contribution in [0.15, 0.2) is 22.7 Å². The molecule has 0 aromatic heterocycles. The van der Waals surface area contributed by atoms with Crippen molar-refractivity contribution >= 4 is 27.6 Å². The predicted octanol–water partition coefficient (Wildman–Crippen LogP) is 3.62. The maximum absolute atomic E-state index is 12.1. The van der Waals surface area contributed by atoms with E-state index in [1.807, 2.05) is 0 Å². The third-order valence-electron chi connectivity index (χ3n) is 3.10. The average molecular weight is 354 g/mol. The second kappa shape index (κ2) is 5.51. The molecule has 2 atom stereocenters. The highest BCUT2D eigenvalue weighted by Gasteiger charge is 2.36. The van der Waals surface area contributed by atoms with Gasteiger partial charge in [0.15, 0.2) is 0 Å². The van der Waals surface area contributed by atoms with Gasteiger partial charge in [0.2, 0.25) is 0 Å². The van der Waals surface area contributed by atoms with Crippen molar-refractivity contribution < 1.29 is 27.8 Å². The number of aliphatic carboxylic acids is 1. The number of rotatable bonds is 4. The number of hydrogen-bond donors (Lipinski definition) is 2. The number of halogens is 4. The summed E-state index contributed by atoms with van der Waals surface area (Å²) in [5, 5.41) is 11.9. The first-order valence-electron chi connectivity index (χ1n) is 5.81. The van der Waals surface area contributed by atoms with Crippen LogP contribution in [0.4, 0.5) is 18.9 Å². The SMILES string of the molecule is O=C(O)C1CCC1Nc1ccc(OC(F)(F)F)c(Br)c1. The van der Waals surface area contributed by atoms with Gasteiger partial charge in [-0.3, -0.25) is 4.79 Å². The zero-order valence-corrected chi connectivity index (χ0v) is 11.7. The fourth-order valence-electron chi connectivity index (χ4n) is 1.98. The van der Waals surface area contributed by atoms with Crippen LogP contribution in [0.25, 0.3) is 0 Å². The molecule has 0 saturated heterocycles. The fraction of sp³-hybridized carbons (Fsp3) is 0.417. The Bertz CT molecular complexity index is 521. The molecule has 1 aromatic rings. The standard InChI is InChI=1S/C12H11BrF3NO3/c13-8-5-6(1-4-10(8)20-12(14,15)16)17-9-3-2-7(9)11(18)19/h1,4-5,7,9,17H,2-3H2,(H,18,19). The summed E-state index contributed by atoms with van der Waals surface area (Å²) in [6.07, 6.45) is -3.43. The molecule has 1 saturated carbocycles. The van der Waals surface area contributed by atoms with Crippen LogP contribution in [-0.4, -0.2) is 23.5 Å². The van der Waals surface area contributed by atoms with E-state index in [9.17, 15) is 18.0 Å².